The Kier molecular flexibility index (Phi) is 2.40. The zero-order valence-electron chi connectivity index (χ0n) is 6.44. The number of anilines is 2. The highest BCUT2D eigenvalue weighted by Gasteiger charge is 1.95. The first-order valence-electron chi connectivity index (χ1n) is 3.39. The molecule has 0 aromatic heterocycles. The first-order valence-corrected chi connectivity index (χ1v) is 3.39. The maximum absolute atomic E-state index is 8.05. The third-order valence-electron chi connectivity index (χ3n) is 1.47. The van der Waals surface area contributed by atoms with Crippen molar-refractivity contribution in [3.63, 3.8) is 0 Å². The number of hydrogen-bond donors (Lipinski definition) is 2. The van der Waals surface area contributed by atoms with Gasteiger partial charge in [0.25, 0.3) is 0 Å². The largest absolute Gasteiger partial charge is 0.397 e. The molecule has 0 spiro atoms. The van der Waals surface area contributed by atoms with Crippen molar-refractivity contribution in [3.05, 3.63) is 34.2 Å². The molecule has 0 heterocycles. The van der Waals surface area contributed by atoms with Gasteiger partial charge >= 0.3 is 0 Å². The molecule has 0 bridgehead atoms. The Labute approximate surface area is 69.6 Å². The minimum atomic E-state index is 0.307. The van der Waals surface area contributed by atoms with Crippen LogP contribution in [-0.4, -0.2) is 0 Å². The summed E-state index contributed by atoms with van der Waals surface area (Å²) < 4.78 is 0. The molecule has 62 valence electrons. The van der Waals surface area contributed by atoms with E-state index < -0.39 is 0 Å². The number of rotatable bonds is 2. The molecular weight excluding hydrogens is 154 g/mol. The van der Waals surface area contributed by atoms with E-state index in [4.69, 9.17) is 17.0 Å². The van der Waals surface area contributed by atoms with Crippen molar-refractivity contribution < 1.29 is 0 Å². The summed E-state index contributed by atoms with van der Waals surface area (Å²) in [5.41, 5.74) is 21.0. The van der Waals surface area contributed by atoms with Crippen LogP contribution < -0.4 is 11.5 Å². The van der Waals surface area contributed by atoms with E-state index in [0.29, 0.717) is 17.9 Å². The standard InChI is InChI=1S/C7H9N5/c8-6-2-1-5(3-7(6)9)4-11-12-10/h1-3H,4,8-9H2. The number of benzene rings is 1. The summed E-state index contributed by atoms with van der Waals surface area (Å²) in [6.45, 7) is 0.307. The lowest BCUT2D eigenvalue weighted by molar-refractivity contribution is 1.05. The van der Waals surface area contributed by atoms with Gasteiger partial charge in [0.05, 0.1) is 17.9 Å². The molecule has 0 aliphatic rings. The average molecular weight is 163 g/mol. The van der Waals surface area contributed by atoms with Crippen LogP contribution in [0.25, 0.3) is 10.4 Å². The van der Waals surface area contributed by atoms with E-state index in [1.165, 1.54) is 0 Å². The molecule has 0 radical (unpaired) electrons. The molecule has 0 unspecified atom stereocenters. The van der Waals surface area contributed by atoms with Gasteiger partial charge < -0.3 is 11.5 Å². The Morgan fingerprint density at radius 3 is 2.67 bits per heavy atom. The molecule has 0 saturated carbocycles. The van der Waals surface area contributed by atoms with Gasteiger partial charge in [0.2, 0.25) is 0 Å². The minimum Gasteiger partial charge on any atom is -0.397 e. The second kappa shape index (κ2) is 3.50. The van der Waals surface area contributed by atoms with Crippen LogP contribution in [0.15, 0.2) is 23.3 Å². The van der Waals surface area contributed by atoms with E-state index in [2.05, 4.69) is 10.0 Å². The van der Waals surface area contributed by atoms with Crippen LogP contribution >= 0.6 is 0 Å². The highest BCUT2D eigenvalue weighted by atomic mass is 15.1. The van der Waals surface area contributed by atoms with Crippen molar-refractivity contribution in [2.24, 2.45) is 5.11 Å². The van der Waals surface area contributed by atoms with Crippen LogP contribution in [0, 0.1) is 0 Å². The molecule has 1 aromatic carbocycles. The number of hydrogen-bond acceptors (Lipinski definition) is 3. The summed E-state index contributed by atoms with van der Waals surface area (Å²) >= 11 is 0. The minimum absolute atomic E-state index is 0.307. The van der Waals surface area contributed by atoms with Gasteiger partial charge in [-0.15, -0.1) is 0 Å². The lowest BCUT2D eigenvalue weighted by Crippen LogP contribution is -1.95. The van der Waals surface area contributed by atoms with Crippen LogP contribution in [0.1, 0.15) is 5.56 Å². The van der Waals surface area contributed by atoms with Crippen LogP contribution in [-0.2, 0) is 6.54 Å². The molecule has 0 amide bonds. The molecule has 12 heavy (non-hydrogen) atoms. The van der Waals surface area contributed by atoms with Gasteiger partial charge in [0.15, 0.2) is 0 Å². The topological polar surface area (TPSA) is 101 Å². The molecule has 1 aromatic rings. The Bertz CT molecular complexity index is 327. The van der Waals surface area contributed by atoms with Crippen molar-refractivity contribution in [1.29, 1.82) is 0 Å². The number of nitrogens with zero attached hydrogens (tertiary/aromatic N) is 3. The zero-order chi connectivity index (χ0) is 8.97. The second-order valence-electron chi connectivity index (χ2n) is 2.35. The summed E-state index contributed by atoms with van der Waals surface area (Å²) in [6, 6.07) is 5.17. The van der Waals surface area contributed by atoms with Crippen LogP contribution in [0.2, 0.25) is 0 Å². The first-order chi connectivity index (χ1) is 5.74. The van der Waals surface area contributed by atoms with E-state index in [-0.39, 0.29) is 0 Å². The van der Waals surface area contributed by atoms with Crippen LogP contribution in [0.5, 0.6) is 0 Å². The molecule has 0 fully saturated rings. The Morgan fingerprint density at radius 2 is 2.08 bits per heavy atom. The summed E-state index contributed by atoms with van der Waals surface area (Å²) in [6.07, 6.45) is 0. The molecule has 5 nitrogen and oxygen atoms in total. The maximum Gasteiger partial charge on any atom is 0.0550 e. The van der Waals surface area contributed by atoms with E-state index in [0.717, 1.165) is 5.56 Å². The van der Waals surface area contributed by atoms with Crippen LogP contribution in [0.3, 0.4) is 0 Å². The van der Waals surface area contributed by atoms with Gasteiger partial charge in [-0.2, -0.15) is 0 Å². The summed E-state index contributed by atoms with van der Waals surface area (Å²) in [5.74, 6) is 0. The SMILES string of the molecule is [N-]=[N+]=NCc1ccc(N)c(N)c1. The van der Waals surface area contributed by atoms with Crippen molar-refractivity contribution in [2.45, 2.75) is 6.54 Å². The number of azide groups is 1. The van der Waals surface area contributed by atoms with E-state index in [1.54, 1.807) is 18.2 Å². The zero-order valence-corrected chi connectivity index (χ0v) is 6.44. The van der Waals surface area contributed by atoms with Gasteiger partial charge in [-0.05, 0) is 23.2 Å². The lowest BCUT2D eigenvalue weighted by atomic mass is 10.2. The smallest absolute Gasteiger partial charge is 0.0550 e. The molecule has 1 rings (SSSR count). The predicted molar refractivity (Wildman–Crippen MR) is 48.1 cm³/mol. The lowest BCUT2D eigenvalue weighted by Gasteiger charge is -2.01. The maximum atomic E-state index is 8.05. The normalized spacial score (nSPS) is 9.00. The molecule has 4 N–H and O–H groups in total. The van der Waals surface area contributed by atoms with Gasteiger partial charge in [0, 0.05) is 4.91 Å². The van der Waals surface area contributed by atoms with Crippen molar-refractivity contribution in [3.8, 4) is 0 Å². The first kappa shape index (κ1) is 8.23. The molecule has 0 saturated heterocycles. The molecule has 5 heteroatoms. The quantitative estimate of drug-likeness (QED) is 0.300. The van der Waals surface area contributed by atoms with Crippen molar-refractivity contribution in [2.75, 3.05) is 11.5 Å². The summed E-state index contributed by atoms with van der Waals surface area (Å²) in [5, 5.41) is 3.40. The van der Waals surface area contributed by atoms with Gasteiger partial charge in [0.1, 0.15) is 0 Å². The fraction of sp³-hybridized carbons (Fsp3) is 0.143. The average Bonchev–Trinajstić information content (AvgIpc) is 2.07. The number of nitrogen functional groups attached to an aromatic ring is 2. The van der Waals surface area contributed by atoms with Crippen LogP contribution in [0.4, 0.5) is 11.4 Å². The van der Waals surface area contributed by atoms with E-state index in [9.17, 15) is 0 Å². The fourth-order valence-electron chi connectivity index (χ4n) is 0.836. The molecular formula is C7H9N5. The molecule has 0 aliphatic heterocycles. The predicted octanol–water partition coefficient (Wildman–Crippen LogP) is 1.66. The van der Waals surface area contributed by atoms with Gasteiger partial charge in [-0.25, -0.2) is 0 Å². The monoisotopic (exact) mass is 163 g/mol. The molecule has 0 atom stereocenters. The summed E-state index contributed by atoms with van der Waals surface area (Å²) in [4.78, 5) is 2.64. The Hall–Kier alpha value is -1.87. The van der Waals surface area contributed by atoms with E-state index in [1.807, 2.05) is 0 Å². The third kappa shape index (κ3) is 1.81. The number of nitrogens with two attached hydrogens (primary N) is 2. The third-order valence-corrected chi connectivity index (χ3v) is 1.47. The Balaban J connectivity index is 2.89. The fourth-order valence-corrected chi connectivity index (χ4v) is 0.836. The highest BCUT2D eigenvalue weighted by molar-refractivity contribution is 5.63. The molecule has 0 aliphatic carbocycles. The summed E-state index contributed by atoms with van der Waals surface area (Å²) in [7, 11) is 0. The van der Waals surface area contributed by atoms with Crippen molar-refractivity contribution >= 4 is 11.4 Å². The van der Waals surface area contributed by atoms with Gasteiger partial charge in [-0.3, -0.25) is 0 Å². The van der Waals surface area contributed by atoms with Crippen molar-refractivity contribution in [1.82, 2.24) is 0 Å². The van der Waals surface area contributed by atoms with Gasteiger partial charge in [-0.1, -0.05) is 11.2 Å². The van der Waals surface area contributed by atoms with E-state index >= 15 is 0 Å². The second-order valence-corrected chi connectivity index (χ2v) is 2.35. The highest BCUT2D eigenvalue weighted by Crippen LogP contribution is 2.16. The Morgan fingerprint density at radius 1 is 1.33 bits per heavy atom.